The van der Waals surface area contributed by atoms with Crippen LogP contribution in [0.4, 0.5) is 0 Å². The fourth-order valence-corrected chi connectivity index (χ4v) is 6.54. The molecule has 39 heavy (non-hydrogen) atoms. The molecule has 1 aliphatic carbocycles. The highest BCUT2D eigenvalue weighted by atomic mass is 35.5. The van der Waals surface area contributed by atoms with Crippen molar-refractivity contribution in [1.82, 2.24) is 10.2 Å². The summed E-state index contributed by atoms with van der Waals surface area (Å²) in [4.78, 5) is 29.4. The molecule has 0 saturated heterocycles. The molecule has 0 bridgehead atoms. The van der Waals surface area contributed by atoms with Gasteiger partial charge in [-0.2, -0.15) is 0 Å². The molecule has 8 heteroatoms. The lowest BCUT2D eigenvalue weighted by atomic mass is 9.94. The van der Waals surface area contributed by atoms with Gasteiger partial charge in [0, 0.05) is 39.8 Å². The molecule has 0 spiro atoms. The Labute approximate surface area is 250 Å². The molecule has 3 aromatic rings. The van der Waals surface area contributed by atoms with Crippen LogP contribution in [0, 0.1) is 0 Å². The van der Waals surface area contributed by atoms with Gasteiger partial charge < -0.3 is 10.2 Å². The molecule has 0 heterocycles. The van der Waals surface area contributed by atoms with Crippen molar-refractivity contribution in [1.29, 1.82) is 0 Å². The molecule has 1 N–H and O–H groups in total. The van der Waals surface area contributed by atoms with E-state index in [1.54, 1.807) is 17.0 Å². The molecule has 2 amide bonds. The Balaban J connectivity index is 1.57. The third kappa shape index (κ3) is 8.91. The van der Waals surface area contributed by atoms with Crippen LogP contribution < -0.4 is 5.32 Å². The number of hydrogen-bond acceptors (Lipinski definition) is 3. The van der Waals surface area contributed by atoms with Crippen molar-refractivity contribution in [2.45, 2.75) is 62.9 Å². The average molecular weight is 604 g/mol. The smallest absolute Gasteiger partial charge is 0.243 e. The standard InChI is InChI=1S/C31H33Cl3N2O2S/c32-25-16-15-24(28(34)18-25)20-39-21-30(37)36(19-23-11-7-8-14-27(23)33)29(17-22-9-3-1-4-10-22)31(38)35-26-12-5-2-6-13-26/h1,3-4,7-11,14-16,18,26,29H,2,5-6,12-13,17,19-21H2,(H,35,38)/t29-/m0/s1. The quantitative estimate of drug-likeness (QED) is 0.242. The van der Waals surface area contributed by atoms with Gasteiger partial charge in [-0.1, -0.05) is 109 Å². The largest absolute Gasteiger partial charge is 0.352 e. The first kappa shape index (κ1) is 29.8. The summed E-state index contributed by atoms with van der Waals surface area (Å²) < 4.78 is 0. The molecule has 1 atom stereocenters. The van der Waals surface area contributed by atoms with Crippen LogP contribution in [-0.4, -0.2) is 34.6 Å². The summed E-state index contributed by atoms with van der Waals surface area (Å²) in [5.41, 5.74) is 2.72. The summed E-state index contributed by atoms with van der Waals surface area (Å²) >= 11 is 20.4. The Morgan fingerprint density at radius 1 is 0.872 bits per heavy atom. The van der Waals surface area contributed by atoms with E-state index in [-0.39, 0.29) is 30.2 Å². The lowest BCUT2D eigenvalue weighted by Crippen LogP contribution is -2.53. The number of thioether (sulfide) groups is 1. The number of nitrogens with one attached hydrogen (secondary N) is 1. The van der Waals surface area contributed by atoms with Crippen LogP contribution in [-0.2, 0) is 28.3 Å². The van der Waals surface area contributed by atoms with Crippen LogP contribution in [0.2, 0.25) is 15.1 Å². The van der Waals surface area contributed by atoms with E-state index in [4.69, 9.17) is 34.8 Å². The van der Waals surface area contributed by atoms with Crippen molar-refractivity contribution in [3.8, 4) is 0 Å². The van der Waals surface area contributed by atoms with Gasteiger partial charge in [-0.05, 0) is 47.7 Å². The molecule has 0 radical (unpaired) electrons. The van der Waals surface area contributed by atoms with Gasteiger partial charge in [0.1, 0.15) is 6.04 Å². The maximum atomic E-state index is 13.8. The van der Waals surface area contributed by atoms with Crippen molar-refractivity contribution in [3.05, 3.63) is 105 Å². The van der Waals surface area contributed by atoms with Gasteiger partial charge in [0.05, 0.1) is 5.75 Å². The number of carbonyl (C=O) groups excluding carboxylic acids is 2. The molecule has 1 saturated carbocycles. The second-order valence-electron chi connectivity index (χ2n) is 9.89. The number of hydrogen-bond donors (Lipinski definition) is 1. The first-order valence-electron chi connectivity index (χ1n) is 13.3. The average Bonchev–Trinajstić information content (AvgIpc) is 2.94. The Hall–Kier alpha value is -2.18. The van der Waals surface area contributed by atoms with Crippen LogP contribution >= 0.6 is 46.6 Å². The molecule has 1 aliphatic rings. The minimum Gasteiger partial charge on any atom is -0.352 e. The Morgan fingerprint density at radius 2 is 1.59 bits per heavy atom. The number of amides is 2. The number of halogens is 3. The monoisotopic (exact) mass is 602 g/mol. The van der Waals surface area contributed by atoms with Crippen LogP contribution in [0.1, 0.15) is 48.8 Å². The van der Waals surface area contributed by atoms with Crippen LogP contribution in [0.15, 0.2) is 72.8 Å². The van der Waals surface area contributed by atoms with Crippen molar-refractivity contribution < 1.29 is 9.59 Å². The highest BCUT2D eigenvalue weighted by molar-refractivity contribution is 7.99. The van der Waals surface area contributed by atoms with Gasteiger partial charge >= 0.3 is 0 Å². The number of rotatable bonds is 11. The van der Waals surface area contributed by atoms with Gasteiger partial charge in [0.25, 0.3) is 0 Å². The molecular formula is C31H33Cl3N2O2S. The second kappa shape index (κ2) is 15.0. The summed E-state index contributed by atoms with van der Waals surface area (Å²) in [6.45, 7) is 0.246. The van der Waals surface area contributed by atoms with E-state index in [1.807, 2.05) is 60.7 Å². The normalized spacial score (nSPS) is 14.5. The van der Waals surface area contributed by atoms with E-state index in [0.29, 0.717) is 27.2 Å². The molecule has 206 valence electrons. The van der Waals surface area contributed by atoms with Crippen LogP contribution in [0.5, 0.6) is 0 Å². The minimum atomic E-state index is -0.669. The molecule has 4 nitrogen and oxygen atoms in total. The fraction of sp³-hybridized carbons (Fsp3) is 0.355. The number of nitrogens with zero attached hydrogens (tertiary/aromatic N) is 1. The topological polar surface area (TPSA) is 49.4 Å². The van der Waals surface area contributed by atoms with E-state index in [0.717, 1.165) is 42.4 Å². The summed E-state index contributed by atoms with van der Waals surface area (Å²) in [6.07, 6.45) is 5.79. The summed E-state index contributed by atoms with van der Waals surface area (Å²) in [5.74, 6) is 0.520. The number of carbonyl (C=O) groups is 2. The van der Waals surface area contributed by atoms with Crippen molar-refractivity contribution in [2.24, 2.45) is 0 Å². The van der Waals surface area contributed by atoms with Crippen LogP contribution in [0.3, 0.4) is 0 Å². The third-order valence-corrected chi connectivity index (χ3v) is 8.94. The van der Waals surface area contributed by atoms with Gasteiger partial charge in [-0.15, -0.1) is 11.8 Å². The first-order chi connectivity index (χ1) is 18.9. The molecule has 0 aliphatic heterocycles. The SMILES string of the molecule is O=C(NC1CCCCC1)[C@H](Cc1ccccc1)N(Cc1ccccc1Cl)C(=O)CSCc1ccc(Cl)cc1Cl. The zero-order valence-corrected chi connectivity index (χ0v) is 24.8. The summed E-state index contributed by atoms with van der Waals surface area (Å²) in [7, 11) is 0. The lowest BCUT2D eigenvalue weighted by molar-refractivity contribution is -0.139. The maximum Gasteiger partial charge on any atom is 0.243 e. The zero-order chi connectivity index (χ0) is 27.6. The molecular weight excluding hydrogens is 571 g/mol. The Kier molecular flexibility index (Phi) is 11.5. The predicted molar refractivity (Wildman–Crippen MR) is 164 cm³/mol. The van der Waals surface area contributed by atoms with E-state index in [1.165, 1.54) is 18.2 Å². The third-order valence-electron chi connectivity index (χ3n) is 7.02. The molecule has 0 aromatic heterocycles. The second-order valence-corrected chi connectivity index (χ2v) is 12.1. The van der Waals surface area contributed by atoms with Crippen molar-refractivity contribution in [2.75, 3.05) is 5.75 Å². The predicted octanol–water partition coefficient (Wildman–Crippen LogP) is 7.97. The Morgan fingerprint density at radius 3 is 2.31 bits per heavy atom. The lowest BCUT2D eigenvalue weighted by Gasteiger charge is -2.33. The van der Waals surface area contributed by atoms with E-state index < -0.39 is 6.04 Å². The highest BCUT2D eigenvalue weighted by Gasteiger charge is 2.32. The van der Waals surface area contributed by atoms with Gasteiger partial charge in [-0.3, -0.25) is 9.59 Å². The molecule has 3 aromatic carbocycles. The molecule has 4 rings (SSSR count). The maximum absolute atomic E-state index is 13.8. The van der Waals surface area contributed by atoms with Gasteiger partial charge in [-0.25, -0.2) is 0 Å². The zero-order valence-electron chi connectivity index (χ0n) is 21.8. The first-order valence-corrected chi connectivity index (χ1v) is 15.6. The van der Waals surface area contributed by atoms with Crippen molar-refractivity contribution >= 4 is 58.4 Å². The highest BCUT2D eigenvalue weighted by Crippen LogP contribution is 2.26. The van der Waals surface area contributed by atoms with Gasteiger partial charge in [0.2, 0.25) is 11.8 Å². The number of benzene rings is 3. The van der Waals surface area contributed by atoms with Crippen molar-refractivity contribution in [3.63, 3.8) is 0 Å². The van der Waals surface area contributed by atoms with Gasteiger partial charge in [0.15, 0.2) is 0 Å². The molecule has 0 unspecified atom stereocenters. The van der Waals surface area contributed by atoms with E-state index in [2.05, 4.69) is 5.32 Å². The Bertz CT molecular complexity index is 1250. The van der Waals surface area contributed by atoms with E-state index in [9.17, 15) is 9.59 Å². The minimum absolute atomic E-state index is 0.114. The van der Waals surface area contributed by atoms with E-state index >= 15 is 0 Å². The summed E-state index contributed by atoms with van der Waals surface area (Å²) in [5, 5.41) is 4.98. The van der Waals surface area contributed by atoms with Crippen LogP contribution in [0.25, 0.3) is 0 Å². The fourth-order valence-electron chi connectivity index (χ4n) is 4.88. The molecule has 1 fully saturated rings. The summed E-state index contributed by atoms with van der Waals surface area (Å²) in [6, 6.07) is 22.2.